The number of nitrogens with one attached hydrogen (secondary N) is 3. The van der Waals surface area contributed by atoms with Crippen LogP contribution in [0.5, 0.6) is 0 Å². The van der Waals surface area contributed by atoms with Crippen LogP contribution in [0.25, 0.3) is 0 Å². The minimum atomic E-state index is -4.01. The first-order valence-corrected chi connectivity index (χ1v) is 21.2. The van der Waals surface area contributed by atoms with Crippen molar-refractivity contribution in [2.45, 2.75) is 75.6 Å². The summed E-state index contributed by atoms with van der Waals surface area (Å²) in [5.74, 6) is -2.17. The number of carbonyl (C=O) groups is 4. The molecule has 3 aromatic carbocycles. The maximum Gasteiger partial charge on any atom is 0.306 e. The average molecular weight is 811 g/mol. The SMILES string of the molecule is CCN(C1CCC(C(=O)O)CC1)S(=O)(=O)c1cccc(C(=O)Nc2ccc(N3CCCCC3)nc2C(=O)Nc2ccc(CCc3ccc(C(=O)NOC)cc3)cc2)c1. The predicted molar refractivity (Wildman–Crippen MR) is 220 cm³/mol. The number of carboxylic acids is 1. The number of piperidine rings is 1. The Hall–Kier alpha value is -5.64. The zero-order valence-corrected chi connectivity index (χ0v) is 33.6. The number of anilines is 3. The maximum atomic E-state index is 13.9. The third kappa shape index (κ3) is 10.3. The van der Waals surface area contributed by atoms with Gasteiger partial charge in [0.25, 0.3) is 17.7 Å². The number of rotatable bonds is 15. The average Bonchev–Trinajstić information content (AvgIpc) is 3.24. The van der Waals surface area contributed by atoms with Crippen molar-refractivity contribution >= 4 is 50.9 Å². The van der Waals surface area contributed by atoms with Gasteiger partial charge in [-0.25, -0.2) is 18.9 Å². The number of benzene rings is 3. The van der Waals surface area contributed by atoms with Gasteiger partial charge in [-0.1, -0.05) is 37.3 Å². The van der Waals surface area contributed by atoms with E-state index >= 15 is 0 Å². The van der Waals surface area contributed by atoms with Crippen LogP contribution >= 0.6 is 0 Å². The Kier molecular flexibility index (Phi) is 13.9. The molecule has 1 saturated heterocycles. The molecule has 0 atom stereocenters. The number of carboxylic acid groups (broad SMARTS) is 1. The fourth-order valence-corrected chi connectivity index (χ4v) is 9.33. The Bertz CT molecular complexity index is 2200. The molecule has 0 unspecified atom stereocenters. The lowest BCUT2D eigenvalue weighted by Crippen LogP contribution is -2.42. The van der Waals surface area contributed by atoms with Crippen molar-refractivity contribution in [2.75, 3.05) is 42.3 Å². The van der Waals surface area contributed by atoms with Crippen LogP contribution in [-0.2, 0) is 32.5 Å². The molecule has 0 spiro atoms. The Labute approximate surface area is 339 Å². The smallest absolute Gasteiger partial charge is 0.306 e. The molecule has 58 heavy (non-hydrogen) atoms. The molecule has 306 valence electrons. The van der Waals surface area contributed by atoms with Crippen LogP contribution < -0.4 is 21.0 Å². The molecule has 14 nitrogen and oxygen atoms in total. The van der Waals surface area contributed by atoms with E-state index in [1.54, 1.807) is 31.2 Å². The second-order valence-corrected chi connectivity index (χ2v) is 16.5. The fraction of sp³-hybridized carbons (Fsp3) is 0.372. The summed E-state index contributed by atoms with van der Waals surface area (Å²) in [5.41, 5.74) is 5.73. The van der Waals surface area contributed by atoms with Crippen molar-refractivity contribution in [1.29, 1.82) is 0 Å². The molecule has 2 heterocycles. The zero-order chi connectivity index (χ0) is 41.2. The number of hydrogen-bond donors (Lipinski definition) is 4. The van der Waals surface area contributed by atoms with Gasteiger partial charge in [0, 0.05) is 42.5 Å². The van der Waals surface area contributed by atoms with E-state index in [1.807, 2.05) is 36.4 Å². The van der Waals surface area contributed by atoms with Crippen LogP contribution in [0.3, 0.4) is 0 Å². The monoisotopic (exact) mass is 810 g/mol. The van der Waals surface area contributed by atoms with Crippen molar-refractivity contribution < 1.29 is 37.5 Å². The van der Waals surface area contributed by atoms with E-state index < -0.39 is 33.7 Å². The molecule has 4 aromatic rings. The molecular weight excluding hydrogens is 761 g/mol. The number of carbonyl (C=O) groups excluding carboxylic acids is 3. The lowest BCUT2D eigenvalue weighted by Gasteiger charge is -2.34. The molecular formula is C43H50N6O8S. The van der Waals surface area contributed by atoms with E-state index in [0.29, 0.717) is 42.8 Å². The van der Waals surface area contributed by atoms with Gasteiger partial charge in [0.15, 0.2) is 5.69 Å². The number of hydrogen-bond acceptors (Lipinski definition) is 9. The second-order valence-electron chi connectivity index (χ2n) is 14.6. The van der Waals surface area contributed by atoms with E-state index in [0.717, 1.165) is 56.3 Å². The van der Waals surface area contributed by atoms with E-state index in [2.05, 4.69) is 25.9 Å². The van der Waals surface area contributed by atoms with E-state index in [1.165, 1.54) is 35.7 Å². The molecule has 6 rings (SSSR count). The summed E-state index contributed by atoms with van der Waals surface area (Å²) >= 11 is 0. The maximum absolute atomic E-state index is 13.9. The summed E-state index contributed by atoms with van der Waals surface area (Å²) in [4.78, 5) is 62.6. The largest absolute Gasteiger partial charge is 0.481 e. The summed E-state index contributed by atoms with van der Waals surface area (Å²) in [6, 6.07) is 23.6. The summed E-state index contributed by atoms with van der Waals surface area (Å²) in [6.07, 6.45) is 6.28. The normalized spacial score (nSPS) is 17.1. The van der Waals surface area contributed by atoms with Gasteiger partial charge >= 0.3 is 5.97 Å². The quantitative estimate of drug-likeness (QED) is 0.0992. The number of aromatic nitrogens is 1. The first-order chi connectivity index (χ1) is 28.0. The van der Waals surface area contributed by atoms with Gasteiger partial charge in [-0.3, -0.25) is 24.0 Å². The van der Waals surface area contributed by atoms with Crippen LogP contribution in [0.15, 0.2) is 89.8 Å². The zero-order valence-electron chi connectivity index (χ0n) is 32.8. The van der Waals surface area contributed by atoms with Crippen molar-refractivity contribution in [1.82, 2.24) is 14.8 Å². The summed E-state index contributed by atoms with van der Waals surface area (Å²) in [5, 5.41) is 15.1. The summed E-state index contributed by atoms with van der Waals surface area (Å²) < 4.78 is 29.2. The van der Waals surface area contributed by atoms with Crippen molar-refractivity contribution in [3.05, 3.63) is 113 Å². The van der Waals surface area contributed by atoms with E-state index in [4.69, 9.17) is 4.98 Å². The highest BCUT2D eigenvalue weighted by atomic mass is 32.2. The Balaban J connectivity index is 1.16. The van der Waals surface area contributed by atoms with Crippen LogP contribution in [0, 0.1) is 5.92 Å². The molecule has 4 N–H and O–H groups in total. The van der Waals surface area contributed by atoms with Gasteiger partial charge in [0.1, 0.15) is 5.82 Å². The van der Waals surface area contributed by atoms with Crippen molar-refractivity contribution in [3.63, 3.8) is 0 Å². The highest BCUT2D eigenvalue weighted by Gasteiger charge is 2.35. The molecule has 15 heteroatoms. The predicted octanol–water partition coefficient (Wildman–Crippen LogP) is 6.31. The van der Waals surface area contributed by atoms with E-state index in [9.17, 15) is 32.7 Å². The molecule has 1 aliphatic carbocycles. The summed E-state index contributed by atoms with van der Waals surface area (Å²) in [6.45, 7) is 3.54. The van der Waals surface area contributed by atoms with Gasteiger partial charge in [0.05, 0.1) is 23.6 Å². The van der Waals surface area contributed by atoms with Gasteiger partial charge in [-0.15, -0.1) is 0 Å². The highest BCUT2D eigenvalue weighted by molar-refractivity contribution is 7.89. The Morgan fingerprint density at radius 3 is 2.07 bits per heavy atom. The highest BCUT2D eigenvalue weighted by Crippen LogP contribution is 2.32. The van der Waals surface area contributed by atoms with Crippen LogP contribution in [-0.4, -0.2) is 79.3 Å². The molecule has 3 amide bonds. The first kappa shape index (κ1) is 42.0. The minimum absolute atomic E-state index is 0.0148. The molecule has 2 fully saturated rings. The lowest BCUT2D eigenvalue weighted by atomic mass is 9.86. The van der Waals surface area contributed by atoms with Crippen molar-refractivity contribution in [2.24, 2.45) is 5.92 Å². The second kappa shape index (κ2) is 19.2. The number of aryl methyl sites for hydroxylation is 2. The van der Waals surface area contributed by atoms with Gasteiger partial charge in [-0.05, 0) is 124 Å². The molecule has 1 saturated carbocycles. The standard InChI is InChI=1S/C43H50N6O8S/c1-3-49(35-22-18-32(19-23-35)43(53)54)58(55,56)36-9-7-8-33(28-36)40(50)45-37-24-25-38(48-26-5-4-6-27-48)46-39(37)42(52)44-34-20-14-30(15-21-34)11-10-29-12-16-31(17-13-29)41(51)47-57-2/h7-9,12-17,20-21,24-25,28,32,35H,3-6,10-11,18-19,22-23,26-27H2,1-2H3,(H,44,52)(H,45,50)(H,47,51)(H,53,54). The number of hydroxylamine groups is 1. The molecule has 1 aromatic heterocycles. The van der Waals surface area contributed by atoms with Crippen LogP contribution in [0.1, 0.15) is 94.2 Å². The fourth-order valence-electron chi connectivity index (χ4n) is 7.59. The topological polar surface area (TPSA) is 187 Å². The first-order valence-electron chi connectivity index (χ1n) is 19.7. The number of amides is 3. The minimum Gasteiger partial charge on any atom is -0.481 e. The van der Waals surface area contributed by atoms with Gasteiger partial charge < -0.3 is 20.6 Å². The molecule has 0 bridgehead atoms. The third-order valence-electron chi connectivity index (χ3n) is 10.8. The van der Waals surface area contributed by atoms with Crippen LogP contribution in [0.2, 0.25) is 0 Å². The van der Waals surface area contributed by atoms with Gasteiger partial charge in [-0.2, -0.15) is 4.31 Å². The summed E-state index contributed by atoms with van der Waals surface area (Å²) in [7, 11) is -2.63. The van der Waals surface area contributed by atoms with E-state index in [-0.39, 0.29) is 40.3 Å². The Morgan fingerprint density at radius 1 is 0.793 bits per heavy atom. The molecule has 1 aliphatic heterocycles. The molecule has 2 aliphatic rings. The third-order valence-corrected chi connectivity index (χ3v) is 12.8. The van der Waals surface area contributed by atoms with Crippen molar-refractivity contribution in [3.8, 4) is 0 Å². The number of nitrogens with zero attached hydrogens (tertiary/aromatic N) is 3. The van der Waals surface area contributed by atoms with Gasteiger partial charge in [0.2, 0.25) is 10.0 Å². The van der Waals surface area contributed by atoms with Crippen LogP contribution in [0.4, 0.5) is 17.2 Å². The molecule has 0 radical (unpaired) electrons. The number of pyridine rings is 1. The number of sulfonamides is 1. The lowest BCUT2D eigenvalue weighted by molar-refractivity contribution is -0.143. The number of aliphatic carboxylic acids is 1. The Morgan fingerprint density at radius 2 is 1.45 bits per heavy atom.